The summed E-state index contributed by atoms with van der Waals surface area (Å²) in [6.45, 7) is 1.46. The van der Waals surface area contributed by atoms with Gasteiger partial charge >= 0.3 is 13.7 Å². The lowest BCUT2D eigenvalue weighted by atomic mass is 10.2. The van der Waals surface area contributed by atoms with Crippen LogP contribution in [0.15, 0.2) is 18.2 Å². The number of rotatable bonds is 7. The molecule has 0 bridgehead atoms. The van der Waals surface area contributed by atoms with Gasteiger partial charge in [0.25, 0.3) is 10.8 Å². The smallest absolute Gasteiger partial charge is 0.414 e. The molecule has 1 aromatic carbocycles. The predicted octanol–water partition coefficient (Wildman–Crippen LogP) is 1.52. The molecule has 2 unspecified atom stereocenters. The van der Waals surface area contributed by atoms with E-state index in [0.717, 1.165) is 24.6 Å². The fraction of sp³-hybridized carbons (Fsp3) is 0.500. The molecule has 0 spiro atoms. The first-order valence-electron chi connectivity index (χ1n) is 9.39. The number of hydrogen-bond acceptors (Lipinski definition) is 8. The molecule has 2 aliphatic heterocycles. The van der Waals surface area contributed by atoms with E-state index in [0.29, 0.717) is 11.4 Å². The number of amides is 1. The molecule has 11 nitrogen and oxygen atoms in total. The molecule has 2 fully saturated rings. The van der Waals surface area contributed by atoms with Gasteiger partial charge in [0, 0.05) is 24.6 Å². The number of hydrogen-bond donors (Lipinski definition) is 4. The summed E-state index contributed by atoms with van der Waals surface area (Å²) in [5, 5.41) is 1.95. The number of ether oxygens (including phenoxy) is 2. The molecule has 2 saturated heterocycles. The van der Waals surface area contributed by atoms with Crippen LogP contribution in [0.1, 0.15) is 0 Å². The zero-order chi connectivity index (χ0) is 23.5. The number of thioether (sulfide) groups is 1. The number of carbonyl (C=O) groups is 1. The maximum atomic E-state index is 14.7. The number of nitrogens with one attached hydrogen (secondary N) is 1. The van der Waals surface area contributed by atoms with E-state index >= 15 is 0 Å². The quantitative estimate of drug-likeness (QED) is 0.300. The second-order valence-corrected chi connectivity index (χ2v) is 11.8. The van der Waals surface area contributed by atoms with Gasteiger partial charge in [-0.25, -0.2) is 9.18 Å². The first-order valence-corrected chi connectivity index (χ1v) is 14.1. The lowest BCUT2D eigenvalue weighted by Gasteiger charge is -2.29. The van der Waals surface area contributed by atoms with Crippen LogP contribution < -0.4 is 15.1 Å². The Kier molecular flexibility index (Phi) is 8.42. The van der Waals surface area contributed by atoms with Crippen LogP contribution in [0.4, 0.5) is 20.6 Å². The summed E-state index contributed by atoms with van der Waals surface area (Å²) in [5.74, 6) is 1.40. The maximum Gasteiger partial charge on any atom is 0.414 e. The van der Waals surface area contributed by atoms with Crippen LogP contribution in [-0.4, -0.2) is 75.3 Å². The van der Waals surface area contributed by atoms with Gasteiger partial charge in [-0.15, -0.1) is 0 Å². The Hall–Kier alpha value is -1.40. The number of carbonyl (C=O) groups excluding carboxylic acids is 1. The minimum Gasteiger partial charge on any atom is -0.444 e. The van der Waals surface area contributed by atoms with E-state index in [1.807, 2.05) is 16.7 Å². The minimum absolute atomic E-state index is 0.0616. The lowest BCUT2D eigenvalue weighted by molar-refractivity contribution is 0.141. The van der Waals surface area contributed by atoms with Crippen LogP contribution in [0.2, 0.25) is 0 Å². The second-order valence-electron chi connectivity index (χ2n) is 6.92. The molecule has 32 heavy (non-hydrogen) atoms. The van der Waals surface area contributed by atoms with E-state index in [1.54, 1.807) is 12.1 Å². The predicted molar refractivity (Wildman–Crippen MR) is 122 cm³/mol. The number of anilines is 2. The van der Waals surface area contributed by atoms with E-state index in [9.17, 15) is 18.3 Å². The molecule has 3 atom stereocenters. The van der Waals surface area contributed by atoms with Crippen molar-refractivity contribution in [2.75, 3.05) is 47.5 Å². The van der Waals surface area contributed by atoms with Crippen LogP contribution >= 0.6 is 39.6 Å². The summed E-state index contributed by atoms with van der Waals surface area (Å²) >= 11 is 6.59. The highest BCUT2D eigenvalue weighted by Gasteiger charge is 2.37. The van der Waals surface area contributed by atoms with Crippen molar-refractivity contribution in [3.05, 3.63) is 24.0 Å². The monoisotopic (exact) mass is 529 g/mol. The van der Waals surface area contributed by atoms with Crippen molar-refractivity contribution < 1.29 is 42.5 Å². The van der Waals surface area contributed by atoms with E-state index in [-0.39, 0.29) is 13.1 Å². The number of halogens is 1. The highest BCUT2D eigenvalue weighted by molar-refractivity contribution is 7.99. The Labute approximate surface area is 193 Å². The van der Waals surface area contributed by atoms with Crippen LogP contribution in [0.5, 0.6) is 0 Å². The first kappa shape index (κ1) is 25.2. The number of cyclic esters (lactones) is 1. The Morgan fingerprint density at radius 3 is 2.72 bits per heavy atom. The zero-order valence-electron chi connectivity index (χ0n) is 16.5. The molecule has 0 saturated carbocycles. The second kappa shape index (κ2) is 10.7. The van der Waals surface area contributed by atoms with Crippen molar-refractivity contribution in [2.45, 2.75) is 11.7 Å². The average Bonchev–Trinajstić information content (AvgIpc) is 3.10. The van der Waals surface area contributed by atoms with Gasteiger partial charge in [-0.1, -0.05) is 0 Å². The molecule has 0 radical (unpaired) electrons. The molecule has 4 N–H and O–H groups in total. The van der Waals surface area contributed by atoms with Crippen molar-refractivity contribution in [3.8, 4) is 0 Å². The molecule has 2 aliphatic rings. The Balaban J connectivity index is 1.57. The Morgan fingerprint density at radius 2 is 2.12 bits per heavy atom. The molecule has 0 aromatic heterocycles. The van der Waals surface area contributed by atoms with Crippen LogP contribution in [0.25, 0.3) is 0 Å². The van der Waals surface area contributed by atoms with Gasteiger partial charge in [0.15, 0.2) is 0 Å². The van der Waals surface area contributed by atoms with Gasteiger partial charge in [0.1, 0.15) is 11.9 Å². The molecule has 3 rings (SSSR count). The fourth-order valence-corrected chi connectivity index (χ4v) is 6.02. The normalized spacial score (nSPS) is 21.1. The minimum atomic E-state index is -5.01. The summed E-state index contributed by atoms with van der Waals surface area (Å²) < 4.78 is 46.9. The SMILES string of the molecule is O=C1O[C@@H](CNC(=S)OC([PH](=O)O)P(=O)(O)O)CN1c1ccc(N2CCSCC2)c(F)c1. The first-order chi connectivity index (χ1) is 15.1. The molecular weight excluding hydrogens is 507 g/mol. The van der Waals surface area contributed by atoms with E-state index in [4.69, 9.17) is 36.4 Å². The van der Waals surface area contributed by atoms with Crippen LogP contribution in [0, 0.1) is 5.82 Å². The number of thiocarbonyl (C=S) groups is 1. The molecule has 1 amide bonds. The summed E-state index contributed by atoms with van der Waals surface area (Å²) in [7, 11) is -8.74. The van der Waals surface area contributed by atoms with Crippen LogP contribution in [0.3, 0.4) is 0 Å². The van der Waals surface area contributed by atoms with Gasteiger partial charge < -0.3 is 34.4 Å². The van der Waals surface area contributed by atoms with Gasteiger partial charge in [-0.2, -0.15) is 11.8 Å². The fourth-order valence-electron chi connectivity index (χ4n) is 3.17. The molecule has 0 aliphatic carbocycles. The Bertz CT molecular complexity index is 946. The maximum absolute atomic E-state index is 14.7. The number of benzene rings is 1. The van der Waals surface area contributed by atoms with Crippen molar-refractivity contribution in [3.63, 3.8) is 0 Å². The molecular formula is C16H22FN3O8P2S2. The largest absolute Gasteiger partial charge is 0.444 e. The summed E-state index contributed by atoms with van der Waals surface area (Å²) in [5.41, 5.74) is -1.47. The van der Waals surface area contributed by atoms with Gasteiger partial charge in [0.2, 0.25) is 8.03 Å². The molecule has 1 aromatic rings. The molecule has 2 heterocycles. The van der Waals surface area contributed by atoms with E-state index in [2.05, 4.69) is 5.32 Å². The van der Waals surface area contributed by atoms with Crippen molar-refractivity contribution in [2.24, 2.45) is 0 Å². The van der Waals surface area contributed by atoms with Crippen molar-refractivity contribution in [1.29, 1.82) is 0 Å². The number of nitrogens with zero attached hydrogens (tertiary/aromatic N) is 2. The summed E-state index contributed by atoms with van der Waals surface area (Å²) in [6, 6.07) is 4.53. The van der Waals surface area contributed by atoms with Gasteiger partial charge in [-0.3, -0.25) is 14.0 Å². The van der Waals surface area contributed by atoms with Crippen LogP contribution in [-0.2, 0) is 18.6 Å². The third kappa shape index (κ3) is 6.34. The van der Waals surface area contributed by atoms with Crippen molar-refractivity contribution >= 4 is 62.2 Å². The standard InChI is InChI=1S/C16H22FN3O8P2S2/c17-12-7-10(1-2-13(12)19-3-5-32-6-4-19)20-9-11(27-15(20)21)8-18-14(31)28-16(29(22)23)30(24,25)26/h1-2,7,11,16,29H,3-6,8-9H2,(H,18,31)(H,22,23)(H2,24,25,26)/t11-,16?/m0/s1. The third-order valence-corrected chi connectivity index (χ3v) is 8.79. The Morgan fingerprint density at radius 1 is 1.44 bits per heavy atom. The van der Waals surface area contributed by atoms with E-state index in [1.165, 1.54) is 11.0 Å². The third-order valence-electron chi connectivity index (χ3n) is 4.68. The molecule has 178 valence electrons. The average molecular weight is 529 g/mol. The molecule has 16 heteroatoms. The summed E-state index contributed by atoms with van der Waals surface area (Å²) in [6.07, 6.45) is -1.43. The zero-order valence-corrected chi connectivity index (χ0v) is 20.1. The lowest BCUT2D eigenvalue weighted by Crippen LogP contribution is -2.36. The summed E-state index contributed by atoms with van der Waals surface area (Å²) in [4.78, 5) is 42.6. The topological polar surface area (TPSA) is 149 Å². The van der Waals surface area contributed by atoms with E-state index < -0.39 is 44.4 Å². The highest BCUT2D eigenvalue weighted by atomic mass is 32.2. The van der Waals surface area contributed by atoms with Crippen molar-refractivity contribution in [1.82, 2.24) is 5.32 Å². The highest BCUT2D eigenvalue weighted by Crippen LogP contribution is 2.52. The van der Waals surface area contributed by atoms with Gasteiger partial charge in [0.05, 0.1) is 24.5 Å². The van der Waals surface area contributed by atoms with Gasteiger partial charge in [-0.05, 0) is 30.4 Å².